The molecule has 0 saturated heterocycles. The Hall–Kier alpha value is -1.12. The number of rotatable bonds is 4. The third-order valence-electron chi connectivity index (χ3n) is 2.61. The van der Waals surface area contributed by atoms with Crippen LogP contribution in [0.15, 0.2) is 53.0 Å². The van der Waals surface area contributed by atoms with E-state index in [2.05, 4.69) is 58.4 Å². The fourth-order valence-electron chi connectivity index (χ4n) is 1.71. The van der Waals surface area contributed by atoms with E-state index in [4.69, 9.17) is 4.74 Å². The van der Waals surface area contributed by atoms with Crippen LogP contribution in [-0.4, -0.2) is 6.61 Å². The molecule has 0 aromatic heterocycles. The van der Waals surface area contributed by atoms with Crippen LogP contribution in [-0.2, 0) is 11.3 Å². The SMILES string of the molecule is CCOCc1cc(-c2ccccc2)ccc1Br. The number of hydrogen-bond donors (Lipinski definition) is 0. The quantitative estimate of drug-likeness (QED) is 0.796. The average molecular weight is 291 g/mol. The first kappa shape index (κ1) is 12.3. The van der Waals surface area contributed by atoms with Crippen molar-refractivity contribution in [3.63, 3.8) is 0 Å². The fraction of sp³-hybridized carbons (Fsp3) is 0.200. The van der Waals surface area contributed by atoms with Crippen LogP contribution in [0, 0.1) is 0 Å². The highest BCUT2D eigenvalue weighted by Crippen LogP contribution is 2.25. The van der Waals surface area contributed by atoms with E-state index in [9.17, 15) is 0 Å². The van der Waals surface area contributed by atoms with Gasteiger partial charge in [0.1, 0.15) is 0 Å². The third-order valence-corrected chi connectivity index (χ3v) is 3.39. The Kier molecular flexibility index (Phi) is 4.35. The van der Waals surface area contributed by atoms with Gasteiger partial charge in [-0.1, -0.05) is 52.3 Å². The van der Waals surface area contributed by atoms with E-state index >= 15 is 0 Å². The van der Waals surface area contributed by atoms with Crippen LogP contribution in [0.25, 0.3) is 11.1 Å². The van der Waals surface area contributed by atoms with Gasteiger partial charge >= 0.3 is 0 Å². The maximum atomic E-state index is 5.46. The fourth-order valence-corrected chi connectivity index (χ4v) is 2.07. The van der Waals surface area contributed by atoms with Gasteiger partial charge < -0.3 is 4.74 Å². The molecule has 88 valence electrons. The van der Waals surface area contributed by atoms with Gasteiger partial charge in [0.2, 0.25) is 0 Å². The second kappa shape index (κ2) is 5.99. The minimum absolute atomic E-state index is 0.651. The van der Waals surface area contributed by atoms with Crippen molar-refractivity contribution in [2.75, 3.05) is 6.61 Å². The molecule has 2 heteroatoms. The van der Waals surface area contributed by atoms with Gasteiger partial charge in [0.05, 0.1) is 6.61 Å². The molecular formula is C15H15BrO. The summed E-state index contributed by atoms with van der Waals surface area (Å²) in [6.07, 6.45) is 0. The van der Waals surface area contributed by atoms with Gasteiger partial charge in [-0.3, -0.25) is 0 Å². The molecule has 0 aliphatic carbocycles. The van der Waals surface area contributed by atoms with Gasteiger partial charge in [0.25, 0.3) is 0 Å². The molecule has 0 spiro atoms. The summed E-state index contributed by atoms with van der Waals surface area (Å²) in [5, 5.41) is 0. The molecule has 0 aliphatic heterocycles. The zero-order valence-electron chi connectivity index (χ0n) is 9.82. The Morgan fingerprint density at radius 2 is 1.76 bits per heavy atom. The van der Waals surface area contributed by atoms with Crippen molar-refractivity contribution in [2.24, 2.45) is 0 Å². The average Bonchev–Trinajstić information content (AvgIpc) is 2.39. The van der Waals surface area contributed by atoms with E-state index in [1.165, 1.54) is 16.7 Å². The molecule has 0 unspecified atom stereocenters. The molecular weight excluding hydrogens is 276 g/mol. The minimum Gasteiger partial charge on any atom is -0.377 e. The number of halogens is 1. The Morgan fingerprint density at radius 3 is 2.47 bits per heavy atom. The molecule has 0 amide bonds. The van der Waals surface area contributed by atoms with Crippen molar-refractivity contribution < 1.29 is 4.74 Å². The van der Waals surface area contributed by atoms with Crippen LogP contribution < -0.4 is 0 Å². The Morgan fingerprint density at radius 1 is 1.00 bits per heavy atom. The summed E-state index contributed by atoms with van der Waals surface area (Å²) in [5.74, 6) is 0. The summed E-state index contributed by atoms with van der Waals surface area (Å²) in [5.41, 5.74) is 3.65. The van der Waals surface area contributed by atoms with Crippen molar-refractivity contribution in [3.8, 4) is 11.1 Å². The normalized spacial score (nSPS) is 10.5. The van der Waals surface area contributed by atoms with Crippen LogP contribution in [0.4, 0.5) is 0 Å². The third kappa shape index (κ3) is 3.18. The Bertz CT molecular complexity index is 480. The molecule has 1 nitrogen and oxygen atoms in total. The summed E-state index contributed by atoms with van der Waals surface area (Å²) in [7, 11) is 0. The molecule has 2 rings (SSSR count). The molecule has 0 saturated carbocycles. The molecule has 0 aliphatic rings. The summed E-state index contributed by atoms with van der Waals surface area (Å²) in [6.45, 7) is 3.40. The standard InChI is InChI=1S/C15H15BrO/c1-2-17-11-14-10-13(8-9-15(14)16)12-6-4-3-5-7-12/h3-10H,2,11H2,1H3. The highest BCUT2D eigenvalue weighted by atomic mass is 79.9. The molecule has 17 heavy (non-hydrogen) atoms. The van der Waals surface area contributed by atoms with Crippen LogP contribution in [0.3, 0.4) is 0 Å². The molecule has 0 bridgehead atoms. The number of benzene rings is 2. The van der Waals surface area contributed by atoms with Crippen LogP contribution in [0.1, 0.15) is 12.5 Å². The molecule has 0 heterocycles. The van der Waals surface area contributed by atoms with Crippen molar-refractivity contribution in [1.82, 2.24) is 0 Å². The van der Waals surface area contributed by atoms with E-state index in [-0.39, 0.29) is 0 Å². The Labute approximate surface area is 111 Å². The summed E-state index contributed by atoms with van der Waals surface area (Å²) in [6, 6.07) is 16.8. The highest BCUT2D eigenvalue weighted by Gasteiger charge is 2.03. The van der Waals surface area contributed by atoms with Crippen LogP contribution in [0.2, 0.25) is 0 Å². The largest absolute Gasteiger partial charge is 0.377 e. The maximum absolute atomic E-state index is 5.46. The first-order valence-corrected chi connectivity index (χ1v) is 6.52. The van der Waals surface area contributed by atoms with Gasteiger partial charge in [-0.25, -0.2) is 0 Å². The van der Waals surface area contributed by atoms with Gasteiger partial charge in [-0.2, -0.15) is 0 Å². The first-order valence-electron chi connectivity index (χ1n) is 5.73. The van der Waals surface area contributed by atoms with Gasteiger partial charge in [-0.15, -0.1) is 0 Å². The summed E-state index contributed by atoms with van der Waals surface area (Å²) in [4.78, 5) is 0. The number of ether oxygens (including phenoxy) is 1. The lowest BCUT2D eigenvalue weighted by atomic mass is 10.0. The monoisotopic (exact) mass is 290 g/mol. The van der Waals surface area contributed by atoms with Crippen molar-refractivity contribution in [2.45, 2.75) is 13.5 Å². The van der Waals surface area contributed by atoms with Gasteiger partial charge in [0, 0.05) is 11.1 Å². The maximum Gasteiger partial charge on any atom is 0.0727 e. The zero-order chi connectivity index (χ0) is 12.1. The highest BCUT2D eigenvalue weighted by molar-refractivity contribution is 9.10. The van der Waals surface area contributed by atoms with E-state index in [0.29, 0.717) is 6.61 Å². The second-order valence-electron chi connectivity index (χ2n) is 3.81. The Balaban J connectivity index is 2.31. The van der Waals surface area contributed by atoms with Gasteiger partial charge in [-0.05, 0) is 35.7 Å². The predicted octanol–water partition coefficient (Wildman–Crippen LogP) is 4.65. The zero-order valence-corrected chi connectivity index (χ0v) is 11.4. The lowest BCUT2D eigenvalue weighted by molar-refractivity contribution is 0.133. The molecule has 0 fully saturated rings. The topological polar surface area (TPSA) is 9.23 Å². The molecule has 0 N–H and O–H groups in total. The lowest BCUT2D eigenvalue weighted by Gasteiger charge is -2.08. The summed E-state index contributed by atoms with van der Waals surface area (Å²) >= 11 is 3.55. The van der Waals surface area contributed by atoms with E-state index < -0.39 is 0 Å². The second-order valence-corrected chi connectivity index (χ2v) is 4.66. The number of hydrogen-bond acceptors (Lipinski definition) is 1. The van der Waals surface area contributed by atoms with Crippen molar-refractivity contribution >= 4 is 15.9 Å². The molecule has 2 aromatic rings. The van der Waals surface area contributed by atoms with Crippen molar-refractivity contribution in [1.29, 1.82) is 0 Å². The van der Waals surface area contributed by atoms with Crippen molar-refractivity contribution in [3.05, 3.63) is 58.6 Å². The summed E-state index contributed by atoms with van der Waals surface area (Å²) < 4.78 is 6.56. The lowest BCUT2D eigenvalue weighted by Crippen LogP contribution is -1.93. The van der Waals surface area contributed by atoms with E-state index in [1.807, 2.05) is 13.0 Å². The van der Waals surface area contributed by atoms with Gasteiger partial charge in [0.15, 0.2) is 0 Å². The van der Waals surface area contributed by atoms with E-state index in [0.717, 1.165) is 11.1 Å². The van der Waals surface area contributed by atoms with Crippen LogP contribution in [0.5, 0.6) is 0 Å². The van der Waals surface area contributed by atoms with Crippen LogP contribution >= 0.6 is 15.9 Å². The smallest absolute Gasteiger partial charge is 0.0727 e. The first-order chi connectivity index (χ1) is 8.31. The van der Waals surface area contributed by atoms with E-state index in [1.54, 1.807) is 0 Å². The minimum atomic E-state index is 0.651. The predicted molar refractivity (Wildman–Crippen MR) is 74.9 cm³/mol. The molecule has 2 aromatic carbocycles. The molecule has 0 radical (unpaired) electrons. The molecule has 0 atom stereocenters.